The maximum atomic E-state index is 12.6. The predicted octanol–water partition coefficient (Wildman–Crippen LogP) is 5.11. The molecule has 1 aromatic carbocycles. The van der Waals surface area contributed by atoms with Gasteiger partial charge in [-0.1, -0.05) is 40.5 Å². The number of nitrogens with zero attached hydrogens (tertiary/aromatic N) is 1. The molecule has 3 aromatic rings. The molecule has 2 aromatic heterocycles. The zero-order chi connectivity index (χ0) is 16.6. The van der Waals surface area contributed by atoms with Gasteiger partial charge in [0, 0.05) is 27.2 Å². The number of aromatic amines is 1. The van der Waals surface area contributed by atoms with Crippen molar-refractivity contribution in [2.45, 2.75) is 26.7 Å². The lowest BCUT2D eigenvalue weighted by Crippen LogP contribution is -2.11. The normalized spacial score (nSPS) is 11.3. The smallest absolute Gasteiger partial charge is 0.260 e. The number of nitrogens with one attached hydrogen (secondary N) is 1. The maximum absolute atomic E-state index is 12.6. The van der Waals surface area contributed by atoms with Crippen LogP contribution in [0.1, 0.15) is 23.2 Å². The molecule has 2 heterocycles. The number of fused-ring (bicyclic) bond motifs is 1. The Kier molecular flexibility index (Phi) is 4.90. The van der Waals surface area contributed by atoms with Crippen LogP contribution in [0, 0.1) is 6.92 Å². The number of alkyl halides is 1. The standard InChI is InChI=1S/C17H16BrClN2OS/c1-3-12-14(10-4-5-11(19)9(2)8-10)15-16(22)20-13(6-7-18)21-17(15)23-12/h4-5,8H,3,6-7H2,1-2H3,(H,20,21,22). The first-order valence-corrected chi connectivity index (χ1v) is 9.73. The van der Waals surface area contributed by atoms with E-state index in [4.69, 9.17) is 11.6 Å². The van der Waals surface area contributed by atoms with Crippen LogP contribution in [-0.4, -0.2) is 15.3 Å². The number of benzene rings is 1. The average molecular weight is 412 g/mol. The minimum atomic E-state index is -0.0653. The number of rotatable bonds is 4. The molecule has 3 nitrogen and oxygen atoms in total. The predicted molar refractivity (Wildman–Crippen MR) is 102 cm³/mol. The Bertz CT molecular complexity index is 932. The molecule has 23 heavy (non-hydrogen) atoms. The number of hydrogen-bond acceptors (Lipinski definition) is 3. The van der Waals surface area contributed by atoms with Gasteiger partial charge in [0.2, 0.25) is 0 Å². The summed E-state index contributed by atoms with van der Waals surface area (Å²) in [5.41, 5.74) is 2.96. The third-order valence-corrected chi connectivity index (χ3v) is 5.83. The second-order valence-corrected chi connectivity index (χ2v) is 7.63. The molecule has 0 aliphatic rings. The Morgan fingerprint density at radius 3 is 2.83 bits per heavy atom. The van der Waals surface area contributed by atoms with E-state index < -0.39 is 0 Å². The summed E-state index contributed by atoms with van der Waals surface area (Å²) in [4.78, 5) is 22.1. The van der Waals surface area contributed by atoms with Crippen molar-refractivity contribution in [1.82, 2.24) is 9.97 Å². The number of thiophene rings is 1. The minimum Gasteiger partial charge on any atom is -0.310 e. The quantitative estimate of drug-likeness (QED) is 0.606. The van der Waals surface area contributed by atoms with Crippen LogP contribution in [0.3, 0.4) is 0 Å². The molecule has 0 bridgehead atoms. The van der Waals surface area contributed by atoms with Gasteiger partial charge in [-0.3, -0.25) is 4.79 Å². The van der Waals surface area contributed by atoms with Crippen LogP contribution in [0.4, 0.5) is 0 Å². The van der Waals surface area contributed by atoms with Crippen LogP contribution in [0.25, 0.3) is 21.3 Å². The molecule has 1 N–H and O–H groups in total. The molecule has 0 fully saturated rings. The zero-order valence-corrected chi connectivity index (χ0v) is 16.0. The summed E-state index contributed by atoms with van der Waals surface area (Å²) in [7, 11) is 0. The average Bonchev–Trinajstić information content (AvgIpc) is 2.89. The first-order valence-electron chi connectivity index (χ1n) is 7.42. The first kappa shape index (κ1) is 16.7. The van der Waals surface area contributed by atoms with E-state index >= 15 is 0 Å². The highest BCUT2D eigenvalue weighted by Crippen LogP contribution is 2.37. The maximum Gasteiger partial charge on any atom is 0.260 e. The molecule has 120 valence electrons. The number of aryl methyl sites for hydroxylation is 3. The molecule has 0 amide bonds. The lowest BCUT2D eigenvalue weighted by Gasteiger charge is -2.06. The summed E-state index contributed by atoms with van der Waals surface area (Å²) in [6.07, 6.45) is 1.57. The number of aromatic nitrogens is 2. The van der Waals surface area contributed by atoms with Crippen molar-refractivity contribution in [3.05, 3.63) is 49.8 Å². The van der Waals surface area contributed by atoms with Crippen LogP contribution in [0.5, 0.6) is 0 Å². The summed E-state index contributed by atoms with van der Waals surface area (Å²) in [5, 5.41) is 2.20. The van der Waals surface area contributed by atoms with E-state index in [1.807, 2.05) is 25.1 Å². The molecule has 0 aliphatic carbocycles. The van der Waals surface area contributed by atoms with Crippen LogP contribution < -0.4 is 5.56 Å². The summed E-state index contributed by atoms with van der Waals surface area (Å²) >= 11 is 11.1. The highest BCUT2D eigenvalue weighted by atomic mass is 79.9. The molecule has 0 atom stereocenters. The van der Waals surface area contributed by atoms with Crippen molar-refractivity contribution >= 4 is 49.1 Å². The van der Waals surface area contributed by atoms with Gasteiger partial charge in [-0.25, -0.2) is 4.98 Å². The van der Waals surface area contributed by atoms with Gasteiger partial charge in [-0.05, 0) is 36.6 Å². The molecule has 3 rings (SSSR count). The van der Waals surface area contributed by atoms with Crippen LogP contribution in [0.15, 0.2) is 23.0 Å². The van der Waals surface area contributed by atoms with Crippen molar-refractivity contribution in [3.63, 3.8) is 0 Å². The van der Waals surface area contributed by atoms with Gasteiger partial charge < -0.3 is 4.98 Å². The lowest BCUT2D eigenvalue weighted by atomic mass is 10.0. The summed E-state index contributed by atoms with van der Waals surface area (Å²) in [6, 6.07) is 5.90. The summed E-state index contributed by atoms with van der Waals surface area (Å²) in [5.74, 6) is 0.724. The fraction of sp³-hybridized carbons (Fsp3) is 0.294. The number of halogens is 2. The van der Waals surface area contributed by atoms with Crippen LogP contribution >= 0.6 is 38.9 Å². The van der Waals surface area contributed by atoms with Crippen molar-refractivity contribution in [3.8, 4) is 11.1 Å². The molecule has 0 spiro atoms. The third-order valence-electron chi connectivity index (χ3n) is 3.78. The second kappa shape index (κ2) is 6.75. The fourth-order valence-electron chi connectivity index (χ4n) is 2.66. The molecule has 0 aliphatic heterocycles. The topological polar surface area (TPSA) is 45.8 Å². The van der Waals surface area contributed by atoms with E-state index in [0.717, 1.165) is 44.1 Å². The van der Waals surface area contributed by atoms with E-state index in [1.54, 1.807) is 11.3 Å². The van der Waals surface area contributed by atoms with Gasteiger partial charge >= 0.3 is 0 Å². The molecule has 6 heteroatoms. The number of H-pyrrole nitrogens is 1. The molecule has 0 saturated carbocycles. The Labute approximate surface area is 151 Å². The summed E-state index contributed by atoms with van der Waals surface area (Å²) in [6.45, 7) is 4.08. The first-order chi connectivity index (χ1) is 11.0. The molecule has 0 radical (unpaired) electrons. The SMILES string of the molecule is CCc1sc2nc(CCBr)[nH]c(=O)c2c1-c1ccc(Cl)c(C)c1. The van der Waals surface area contributed by atoms with E-state index in [-0.39, 0.29) is 5.56 Å². The zero-order valence-electron chi connectivity index (χ0n) is 12.9. The van der Waals surface area contributed by atoms with Gasteiger partial charge in [0.25, 0.3) is 5.56 Å². The van der Waals surface area contributed by atoms with Crippen molar-refractivity contribution in [2.24, 2.45) is 0 Å². The monoisotopic (exact) mass is 410 g/mol. The van der Waals surface area contributed by atoms with Gasteiger partial charge in [0.1, 0.15) is 10.7 Å². The van der Waals surface area contributed by atoms with Crippen molar-refractivity contribution < 1.29 is 0 Å². The lowest BCUT2D eigenvalue weighted by molar-refractivity contribution is 0.960. The molecule has 0 unspecified atom stereocenters. The van der Waals surface area contributed by atoms with Crippen LogP contribution in [0.2, 0.25) is 5.02 Å². The van der Waals surface area contributed by atoms with E-state index in [1.165, 1.54) is 4.88 Å². The number of hydrogen-bond donors (Lipinski definition) is 1. The Balaban J connectivity index is 2.30. The Morgan fingerprint density at radius 2 is 2.17 bits per heavy atom. The Morgan fingerprint density at radius 1 is 1.39 bits per heavy atom. The van der Waals surface area contributed by atoms with Crippen LogP contribution in [-0.2, 0) is 12.8 Å². The van der Waals surface area contributed by atoms with Gasteiger partial charge in [0.15, 0.2) is 0 Å². The second-order valence-electron chi connectivity index (χ2n) is 5.35. The van der Waals surface area contributed by atoms with E-state index in [9.17, 15) is 4.79 Å². The van der Waals surface area contributed by atoms with Gasteiger partial charge in [0.05, 0.1) is 5.39 Å². The third kappa shape index (κ3) is 3.10. The molecule has 0 saturated heterocycles. The highest BCUT2D eigenvalue weighted by Gasteiger charge is 2.18. The van der Waals surface area contributed by atoms with Gasteiger partial charge in [-0.15, -0.1) is 11.3 Å². The van der Waals surface area contributed by atoms with E-state index in [2.05, 4.69) is 32.8 Å². The Hall–Kier alpha value is -1.17. The largest absolute Gasteiger partial charge is 0.310 e. The van der Waals surface area contributed by atoms with Crippen molar-refractivity contribution in [2.75, 3.05) is 5.33 Å². The molecular weight excluding hydrogens is 396 g/mol. The highest BCUT2D eigenvalue weighted by molar-refractivity contribution is 9.09. The molecular formula is C17H16BrClN2OS. The fourth-order valence-corrected chi connectivity index (χ4v) is 4.31. The van der Waals surface area contributed by atoms with E-state index in [0.29, 0.717) is 11.8 Å². The van der Waals surface area contributed by atoms with Gasteiger partial charge in [-0.2, -0.15) is 0 Å². The van der Waals surface area contributed by atoms with Crippen molar-refractivity contribution in [1.29, 1.82) is 0 Å². The summed E-state index contributed by atoms with van der Waals surface area (Å²) < 4.78 is 0. The minimum absolute atomic E-state index is 0.0653.